The number of halogens is 3. The summed E-state index contributed by atoms with van der Waals surface area (Å²) in [4.78, 5) is 0. The fraction of sp³-hybridized carbons (Fsp3) is 0.455. The van der Waals surface area contributed by atoms with Crippen LogP contribution in [0, 0.1) is 0 Å². The van der Waals surface area contributed by atoms with Gasteiger partial charge in [0.1, 0.15) is 5.60 Å². The van der Waals surface area contributed by atoms with Crippen LogP contribution in [-0.4, -0.2) is 21.6 Å². The van der Waals surface area contributed by atoms with Gasteiger partial charge < -0.3 is 5.11 Å². The normalized spacial score (nSPS) is 12.4. The zero-order valence-electron chi connectivity index (χ0n) is 17.6. The minimum atomic E-state index is -2.13. The number of hydrogen-bond donors (Lipinski definition) is 1. The predicted molar refractivity (Wildman–Crippen MR) is 126 cm³/mol. The van der Waals surface area contributed by atoms with Crippen LogP contribution in [0.3, 0.4) is 0 Å². The van der Waals surface area contributed by atoms with Gasteiger partial charge >= 0.3 is 43.7 Å². The van der Waals surface area contributed by atoms with E-state index in [0.717, 1.165) is 17.3 Å². The molecule has 0 unspecified atom stereocenters. The molecule has 2 aromatic carbocycles. The number of rotatable bonds is 4. The molecule has 0 bridgehead atoms. The van der Waals surface area contributed by atoms with E-state index in [9.17, 15) is 5.11 Å². The van der Waals surface area contributed by atoms with Crippen molar-refractivity contribution in [1.82, 2.24) is 0 Å². The number of benzene rings is 2. The van der Waals surface area contributed by atoms with E-state index >= 15 is 0 Å². The summed E-state index contributed by atoms with van der Waals surface area (Å²) in [6, 6.07) is 20.3. The molecule has 0 saturated heterocycles. The fourth-order valence-corrected chi connectivity index (χ4v) is 7.94. The molecule has 0 radical (unpaired) electrons. The molecule has 0 spiro atoms. The SMILES string of the molecule is CC(C)(C)[PH+](CC(O)(c1ccccc1)c1ccccc1)C(C)(C)C.[Cl][Zr]([Cl])[Cl]. The first kappa shape index (κ1) is 26.6. The monoisotopic (exact) mass is 538 g/mol. The van der Waals surface area contributed by atoms with Crippen LogP contribution in [0.5, 0.6) is 0 Å². The molecule has 28 heavy (non-hydrogen) atoms. The van der Waals surface area contributed by atoms with E-state index in [1.54, 1.807) is 0 Å². The Hall–Kier alpha value is 0.583. The van der Waals surface area contributed by atoms with Crippen LogP contribution < -0.4 is 0 Å². The Morgan fingerprint density at radius 3 is 1.25 bits per heavy atom. The Bertz CT molecular complexity index is 641. The molecular formula is C22H32Cl3OPZr+. The van der Waals surface area contributed by atoms with Crippen molar-refractivity contribution in [3.63, 3.8) is 0 Å². The molecule has 6 heteroatoms. The molecule has 1 N–H and O–H groups in total. The van der Waals surface area contributed by atoms with E-state index in [1.807, 2.05) is 36.4 Å². The molecule has 0 aliphatic heterocycles. The van der Waals surface area contributed by atoms with Crippen molar-refractivity contribution in [2.24, 2.45) is 0 Å². The quantitative estimate of drug-likeness (QED) is 0.392. The summed E-state index contributed by atoms with van der Waals surface area (Å²) < 4.78 is 0. The molecule has 0 heterocycles. The summed E-state index contributed by atoms with van der Waals surface area (Å²) in [6.45, 7) is 13.9. The van der Waals surface area contributed by atoms with Crippen LogP contribution >= 0.6 is 33.5 Å². The van der Waals surface area contributed by atoms with Crippen molar-refractivity contribution in [3.8, 4) is 0 Å². The Morgan fingerprint density at radius 1 is 0.714 bits per heavy atom. The Morgan fingerprint density at radius 2 is 1.00 bits per heavy atom. The van der Waals surface area contributed by atoms with Crippen molar-refractivity contribution < 1.29 is 23.3 Å². The minimum absolute atomic E-state index is 0.209. The van der Waals surface area contributed by atoms with Gasteiger partial charge in [0.15, 0.2) is 0 Å². The molecule has 0 aromatic heterocycles. The zero-order valence-corrected chi connectivity index (χ0v) is 23.3. The summed E-state index contributed by atoms with van der Waals surface area (Å²) in [6.07, 6.45) is 0.804. The molecule has 2 aromatic rings. The summed E-state index contributed by atoms with van der Waals surface area (Å²) in [5.74, 6) is 0. The summed E-state index contributed by atoms with van der Waals surface area (Å²) in [5.41, 5.74) is 1.05. The first-order valence-electron chi connectivity index (χ1n) is 9.32. The van der Waals surface area contributed by atoms with Crippen LogP contribution in [0.4, 0.5) is 0 Å². The van der Waals surface area contributed by atoms with Crippen molar-refractivity contribution in [2.75, 3.05) is 6.16 Å². The van der Waals surface area contributed by atoms with Gasteiger partial charge in [-0.2, -0.15) is 0 Å². The molecule has 0 amide bonds. The second-order valence-electron chi connectivity index (χ2n) is 8.96. The fourth-order valence-electron chi connectivity index (χ4n) is 3.71. The van der Waals surface area contributed by atoms with Crippen LogP contribution in [0.2, 0.25) is 0 Å². The van der Waals surface area contributed by atoms with E-state index in [1.165, 1.54) is 0 Å². The summed E-state index contributed by atoms with van der Waals surface area (Å²) in [5, 5.41) is 12.3. The van der Waals surface area contributed by atoms with Crippen molar-refractivity contribution >= 4 is 33.5 Å². The van der Waals surface area contributed by atoms with Gasteiger partial charge in [0.25, 0.3) is 0 Å². The van der Waals surface area contributed by atoms with Gasteiger partial charge in [-0.15, -0.1) is 0 Å². The van der Waals surface area contributed by atoms with E-state index in [2.05, 4.69) is 65.8 Å². The van der Waals surface area contributed by atoms with Crippen LogP contribution in [0.15, 0.2) is 60.7 Å². The molecule has 2 rings (SSSR count). The van der Waals surface area contributed by atoms with Gasteiger partial charge in [-0.25, -0.2) is 0 Å². The average Bonchev–Trinajstić information content (AvgIpc) is 2.58. The standard InChI is InChI=1S/C22H31OP.3ClH.Zr/c1-20(2,3)24(21(4,5)6)17-22(23,18-13-9-7-10-14-18)19-15-11-8-12-16-19;;;;/h7-16,23H,17H2,1-6H3;3*1H;/q;;;;+3/p-2. The third-order valence-electron chi connectivity index (χ3n) is 4.75. The van der Waals surface area contributed by atoms with Crippen molar-refractivity contribution in [3.05, 3.63) is 71.8 Å². The second kappa shape index (κ2) is 11.3. The van der Waals surface area contributed by atoms with Crippen LogP contribution in [0.1, 0.15) is 52.7 Å². The van der Waals surface area contributed by atoms with Crippen molar-refractivity contribution in [2.45, 2.75) is 57.5 Å². The van der Waals surface area contributed by atoms with Crippen molar-refractivity contribution in [1.29, 1.82) is 0 Å². The summed E-state index contributed by atoms with van der Waals surface area (Å²) in [7, 11) is 14.1. The number of hydrogen-bond acceptors (Lipinski definition) is 1. The molecule has 0 saturated carbocycles. The molecular weight excluding hydrogens is 509 g/mol. The first-order chi connectivity index (χ1) is 12.8. The van der Waals surface area contributed by atoms with E-state index < -0.39 is 31.7 Å². The third kappa shape index (κ3) is 8.37. The molecule has 155 valence electrons. The summed E-state index contributed by atoms with van der Waals surface area (Å²) >= 11 is -2.13. The molecule has 0 aliphatic carbocycles. The third-order valence-corrected chi connectivity index (χ3v) is 9.23. The van der Waals surface area contributed by atoms with Gasteiger partial charge in [0.2, 0.25) is 0 Å². The second-order valence-corrected chi connectivity index (χ2v) is 24.5. The average molecular weight is 541 g/mol. The first-order valence-corrected chi connectivity index (χ1v) is 20.5. The van der Waals surface area contributed by atoms with E-state index in [-0.39, 0.29) is 10.3 Å². The van der Waals surface area contributed by atoms with E-state index in [0.29, 0.717) is 0 Å². The molecule has 0 aliphatic rings. The molecule has 0 fully saturated rings. The van der Waals surface area contributed by atoms with Gasteiger partial charge in [-0.05, 0) is 52.7 Å². The van der Waals surface area contributed by atoms with E-state index in [4.69, 9.17) is 25.5 Å². The van der Waals surface area contributed by atoms with Gasteiger partial charge in [0.05, 0.1) is 16.5 Å². The Balaban J connectivity index is 0.000000892. The maximum atomic E-state index is 11.9. The maximum absolute atomic E-state index is 11.9. The topological polar surface area (TPSA) is 20.2 Å². The van der Waals surface area contributed by atoms with Gasteiger partial charge in [-0.1, -0.05) is 60.7 Å². The van der Waals surface area contributed by atoms with Gasteiger partial charge in [0, 0.05) is 7.92 Å². The Labute approximate surface area is 190 Å². The Kier molecular flexibility index (Phi) is 10.7. The zero-order chi connectivity index (χ0) is 21.6. The van der Waals surface area contributed by atoms with Crippen LogP contribution in [0.25, 0.3) is 0 Å². The predicted octanol–water partition coefficient (Wildman–Crippen LogP) is 7.80. The molecule has 0 atom stereocenters. The van der Waals surface area contributed by atoms with Gasteiger partial charge in [-0.3, -0.25) is 0 Å². The molecule has 1 nitrogen and oxygen atoms in total. The van der Waals surface area contributed by atoms with Crippen LogP contribution in [-0.2, 0) is 23.8 Å². The number of aliphatic hydroxyl groups is 1.